The Morgan fingerprint density at radius 3 is 2.92 bits per heavy atom. The number of H-pyrrole nitrogens is 1. The molecular formula is C20H27FN4O. The van der Waals surface area contributed by atoms with Gasteiger partial charge in [-0.05, 0) is 44.5 Å². The number of aryl methyl sites for hydroxylation is 1. The van der Waals surface area contributed by atoms with E-state index in [0.717, 1.165) is 55.0 Å². The van der Waals surface area contributed by atoms with Gasteiger partial charge < -0.3 is 10.2 Å². The molecule has 5 nitrogen and oxygen atoms in total. The molecule has 1 aliphatic rings. The van der Waals surface area contributed by atoms with E-state index in [1.54, 1.807) is 6.07 Å². The summed E-state index contributed by atoms with van der Waals surface area (Å²) in [6, 6.07) is 6.46. The number of aromatic amines is 1. The number of hydrogen-bond donors (Lipinski definition) is 2. The molecule has 1 amide bonds. The van der Waals surface area contributed by atoms with Gasteiger partial charge in [0.2, 0.25) is 5.91 Å². The van der Waals surface area contributed by atoms with Gasteiger partial charge in [0.1, 0.15) is 5.82 Å². The van der Waals surface area contributed by atoms with Crippen molar-refractivity contribution in [3.05, 3.63) is 41.3 Å². The summed E-state index contributed by atoms with van der Waals surface area (Å²) in [7, 11) is 0. The summed E-state index contributed by atoms with van der Waals surface area (Å²) < 4.78 is 13.6. The fraction of sp³-hybridized carbons (Fsp3) is 0.500. The van der Waals surface area contributed by atoms with Crippen LogP contribution in [0.25, 0.3) is 11.3 Å². The third-order valence-corrected chi connectivity index (χ3v) is 5.24. The molecule has 1 aliphatic carbocycles. The second kappa shape index (κ2) is 8.45. The van der Waals surface area contributed by atoms with Crippen molar-refractivity contribution in [2.45, 2.75) is 33.1 Å². The van der Waals surface area contributed by atoms with Crippen molar-refractivity contribution in [3.63, 3.8) is 0 Å². The van der Waals surface area contributed by atoms with Gasteiger partial charge in [0.05, 0.1) is 5.69 Å². The first-order valence-corrected chi connectivity index (χ1v) is 9.44. The minimum absolute atomic E-state index is 0.0517. The summed E-state index contributed by atoms with van der Waals surface area (Å²) in [5.41, 5.74) is 3.63. The Morgan fingerprint density at radius 2 is 2.19 bits per heavy atom. The molecule has 2 aromatic rings. The summed E-state index contributed by atoms with van der Waals surface area (Å²) >= 11 is 0. The highest BCUT2D eigenvalue weighted by Crippen LogP contribution is 2.32. The molecule has 0 saturated heterocycles. The first-order chi connectivity index (χ1) is 12.6. The van der Waals surface area contributed by atoms with Crippen LogP contribution in [0.15, 0.2) is 24.3 Å². The molecule has 6 heteroatoms. The van der Waals surface area contributed by atoms with Gasteiger partial charge in [0.15, 0.2) is 0 Å². The Labute approximate surface area is 154 Å². The normalized spacial score (nSPS) is 16.5. The summed E-state index contributed by atoms with van der Waals surface area (Å²) in [4.78, 5) is 14.9. The Bertz CT molecular complexity index is 754. The summed E-state index contributed by atoms with van der Waals surface area (Å²) in [6.45, 7) is 7.78. The molecule has 140 valence electrons. The molecule has 0 spiro atoms. The fourth-order valence-electron chi connectivity index (χ4n) is 3.61. The monoisotopic (exact) mass is 358 g/mol. The smallest absolute Gasteiger partial charge is 0.223 e. The molecule has 0 radical (unpaired) electrons. The van der Waals surface area contributed by atoms with Crippen molar-refractivity contribution in [3.8, 4) is 11.3 Å². The van der Waals surface area contributed by atoms with Crippen molar-refractivity contribution in [2.75, 3.05) is 26.2 Å². The minimum Gasteiger partial charge on any atom is -0.355 e. The van der Waals surface area contributed by atoms with Crippen LogP contribution in [0, 0.1) is 11.7 Å². The lowest BCUT2D eigenvalue weighted by Crippen LogP contribution is -2.39. The van der Waals surface area contributed by atoms with Crippen molar-refractivity contribution in [1.29, 1.82) is 0 Å². The zero-order valence-corrected chi connectivity index (χ0v) is 15.5. The van der Waals surface area contributed by atoms with E-state index in [1.807, 2.05) is 6.07 Å². The van der Waals surface area contributed by atoms with Gasteiger partial charge in [-0.15, -0.1) is 0 Å². The number of nitrogens with zero attached hydrogens (tertiary/aromatic N) is 2. The van der Waals surface area contributed by atoms with Gasteiger partial charge >= 0.3 is 0 Å². The summed E-state index contributed by atoms with van der Waals surface area (Å²) in [6.07, 6.45) is 2.26. The number of carbonyl (C=O) groups excluding carboxylic acids is 1. The Morgan fingerprint density at radius 1 is 1.38 bits per heavy atom. The quantitative estimate of drug-likeness (QED) is 0.800. The van der Waals surface area contributed by atoms with E-state index >= 15 is 0 Å². The second-order valence-corrected chi connectivity index (χ2v) is 6.80. The molecule has 26 heavy (non-hydrogen) atoms. The molecule has 1 unspecified atom stereocenters. The van der Waals surface area contributed by atoms with Crippen LogP contribution in [0.3, 0.4) is 0 Å². The van der Waals surface area contributed by atoms with E-state index < -0.39 is 0 Å². The number of nitrogens with one attached hydrogen (secondary N) is 2. The Hall–Kier alpha value is -2.21. The molecular weight excluding hydrogens is 331 g/mol. The van der Waals surface area contributed by atoms with Gasteiger partial charge in [-0.3, -0.25) is 9.89 Å². The van der Waals surface area contributed by atoms with E-state index in [-0.39, 0.29) is 17.6 Å². The summed E-state index contributed by atoms with van der Waals surface area (Å²) in [5.74, 6) is -0.223. The number of carbonyl (C=O) groups is 1. The molecule has 1 aromatic carbocycles. The number of halogens is 1. The predicted molar refractivity (Wildman–Crippen MR) is 100 cm³/mol. The van der Waals surface area contributed by atoms with Crippen molar-refractivity contribution in [1.82, 2.24) is 20.4 Å². The van der Waals surface area contributed by atoms with Crippen LogP contribution in [0.4, 0.5) is 4.39 Å². The van der Waals surface area contributed by atoms with Crippen molar-refractivity contribution in [2.24, 2.45) is 5.92 Å². The largest absolute Gasteiger partial charge is 0.355 e. The minimum atomic E-state index is -0.277. The highest BCUT2D eigenvalue weighted by atomic mass is 19.1. The van der Waals surface area contributed by atoms with Crippen LogP contribution in [0.2, 0.25) is 0 Å². The lowest BCUT2D eigenvalue weighted by atomic mass is 9.85. The number of aromatic nitrogens is 2. The molecule has 0 saturated carbocycles. The molecule has 1 atom stereocenters. The van der Waals surface area contributed by atoms with Crippen LogP contribution >= 0.6 is 0 Å². The van der Waals surface area contributed by atoms with Gasteiger partial charge in [-0.1, -0.05) is 26.0 Å². The van der Waals surface area contributed by atoms with Crippen molar-refractivity contribution >= 4 is 5.91 Å². The molecule has 0 bridgehead atoms. The van der Waals surface area contributed by atoms with Gasteiger partial charge in [0.25, 0.3) is 0 Å². The van der Waals surface area contributed by atoms with Gasteiger partial charge in [-0.25, -0.2) is 4.39 Å². The molecule has 1 aromatic heterocycles. The number of rotatable bonds is 7. The van der Waals surface area contributed by atoms with Crippen molar-refractivity contribution < 1.29 is 9.18 Å². The highest BCUT2D eigenvalue weighted by Gasteiger charge is 2.28. The van der Waals surface area contributed by atoms with E-state index in [2.05, 4.69) is 34.3 Å². The Kier molecular flexibility index (Phi) is 6.04. The first kappa shape index (κ1) is 18.6. The SMILES string of the molecule is CCN(CC)CCNC(=O)C1CCc2[nH]nc(-c3cccc(F)c3)c2C1. The molecule has 2 N–H and O–H groups in total. The zero-order valence-electron chi connectivity index (χ0n) is 15.5. The maximum atomic E-state index is 13.6. The molecule has 1 heterocycles. The van der Waals surface area contributed by atoms with E-state index in [9.17, 15) is 9.18 Å². The van der Waals surface area contributed by atoms with Gasteiger partial charge in [0, 0.05) is 35.8 Å². The number of likely N-dealkylation sites (N-methyl/N-ethyl adjacent to an activating group) is 1. The molecule has 3 rings (SSSR count). The van der Waals surface area contributed by atoms with Crippen LogP contribution < -0.4 is 5.32 Å². The number of amides is 1. The average Bonchev–Trinajstić information content (AvgIpc) is 3.08. The average molecular weight is 358 g/mol. The fourth-order valence-corrected chi connectivity index (χ4v) is 3.61. The lowest BCUT2D eigenvalue weighted by Gasteiger charge is -2.23. The molecule has 0 aliphatic heterocycles. The van der Waals surface area contributed by atoms with Gasteiger partial charge in [-0.2, -0.15) is 5.10 Å². The number of fused-ring (bicyclic) bond motifs is 1. The lowest BCUT2D eigenvalue weighted by molar-refractivity contribution is -0.125. The Balaban J connectivity index is 1.65. The summed E-state index contributed by atoms with van der Waals surface area (Å²) in [5, 5.41) is 10.5. The zero-order chi connectivity index (χ0) is 18.5. The number of benzene rings is 1. The highest BCUT2D eigenvalue weighted by molar-refractivity contribution is 5.80. The second-order valence-electron chi connectivity index (χ2n) is 6.80. The third kappa shape index (κ3) is 4.12. The topological polar surface area (TPSA) is 61.0 Å². The maximum absolute atomic E-state index is 13.6. The van der Waals surface area contributed by atoms with Crippen LogP contribution in [0.5, 0.6) is 0 Å². The maximum Gasteiger partial charge on any atom is 0.223 e. The predicted octanol–water partition coefficient (Wildman–Crippen LogP) is 2.78. The first-order valence-electron chi connectivity index (χ1n) is 9.44. The van der Waals surface area contributed by atoms with Crippen LogP contribution in [-0.2, 0) is 17.6 Å². The molecule has 0 fully saturated rings. The third-order valence-electron chi connectivity index (χ3n) is 5.24. The van der Waals surface area contributed by atoms with E-state index in [4.69, 9.17) is 0 Å². The van der Waals surface area contributed by atoms with E-state index in [1.165, 1.54) is 12.1 Å². The van der Waals surface area contributed by atoms with Crippen LogP contribution in [-0.4, -0.2) is 47.2 Å². The number of hydrogen-bond acceptors (Lipinski definition) is 3. The standard InChI is InChI=1S/C20H27FN4O/c1-3-25(4-2)11-10-22-20(26)15-8-9-18-17(13-15)19(24-23-18)14-6-5-7-16(21)12-14/h5-7,12,15H,3-4,8-11,13H2,1-2H3,(H,22,26)(H,23,24). The van der Waals surface area contributed by atoms with Crippen LogP contribution in [0.1, 0.15) is 31.5 Å². The van der Waals surface area contributed by atoms with E-state index in [0.29, 0.717) is 13.0 Å².